The molecule has 0 fully saturated rings. The molecule has 6 heteroatoms. The molecular formula is C12H15NO5. The highest BCUT2D eigenvalue weighted by molar-refractivity contribution is 5.78. The molecule has 1 aliphatic heterocycles. The minimum atomic E-state index is -0.977. The number of carboxylic acids is 1. The van der Waals surface area contributed by atoms with Gasteiger partial charge in [0.05, 0.1) is 12.5 Å². The number of carboxylic acid groups (broad SMARTS) is 1. The number of hydrogen-bond donors (Lipinski definition) is 2. The van der Waals surface area contributed by atoms with E-state index in [2.05, 4.69) is 0 Å². The second-order valence-electron chi connectivity index (χ2n) is 3.94. The van der Waals surface area contributed by atoms with E-state index in [-0.39, 0.29) is 13.3 Å². The molecule has 1 atom stereocenters. The molecule has 1 aromatic carbocycles. The highest BCUT2D eigenvalue weighted by Gasteiger charge is 2.29. The molecule has 0 saturated carbocycles. The first kappa shape index (κ1) is 12.7. The summed E-state index contributed by atoms with van der Waals surface area (Å²) in [5.74, 6) is -0.761. The predicted octanol–water partition coefficient (Wildman–Crippen LogP) is 0.689. The molecule has 2 rings (SSSR count). The van der Waals surface area contributed by atoms with Gasteiger partial charge in [0.1, 0.15) is 0 Å². The van der Waals surface area contributed by atoms with Crippen molar-refractivity contribution in [3.05, 3.63) is 23.3 Å². The number of carbonyl (C=O) groups is 1. The molecule has 0 amide bonds. The number of benzene rings is 1. The van der Waals surface area contributed by atoms with E-state index in [1.54, 1.807) is 19.2 Å². The van der Waals surface area contributed by atoms with Crippen molar-refractivity contribution in [2.75, 3.05) is 20.4 Å². The van der Waals surface area contributed by atoms with Crippen LogP contribution in [0.4, 0.5) is 0 Å². The number of fused-ring (bicyclic) bond motifs is 1. The van der Waals surface area contributed by atoms with Crippen molar-refractivity contribution in [2.45, 2.75) is 12.5 Å². The van der Waals surface area contributed by atoms with E-state index in [1.165, 1.54) is 0 Å². The van der Waals surface area contributed by atoms with Crippen LogP contribution in [0, 0.1) is 0 Å². The second-order valence-corrected chi connectivity index (χ2v) is 3.94. The molecule has 1 unspecified atom stereocenters. The number of ether oxygens (including phenoxy) is 3. The number of aliphatic carboxylic acids is 1. The molecule has 0 spiro atoms. The zero-order valence-corrected chi connectivity index (χ0v) is 10.0. The van der Waals surface area contributed by atoms with E-state index in [0.717, 1.165) is 5.56 Å². The first-order valence-electron chi connectivity index (χ1n) is 5.52. The summed E-state index contributed by atoms with van der Waals surface area (Å²) in [6, 6.07) is 3.48. The normalized spacial score (nSPS) is 14.6. The van der Waals surface area contributed by atoms with E-state index >= 15 is 0 Å². The lowest BCUT2D eigenvalue weighted by atomic mass is 9.96. The van der Waals surface area contributed by atoms with Gasteiger partial charge in [0.2, 0.25) is 6.79 Å². The zero-order valence-electron chi connectivity index (χ0n) is 10.0. The Morgan fingerprint density at radius 2 is 2.22 bits per heavy atom. The quantitative estimate of drug-likeness (QED) is 0.802. The van der Waals surface area contributed by atoms with Crippen LogP contribution in [0.2, 0.25) is 0 Å². The summed E-state index contributed by atoms with van der Waals surface area (Å²) in [4.78, 5) is 11.1. The van der Waals surface area contributed by atoms with Gasteiger partial charge in [-0.2, -0.15) is 0 Å². The Morgan fingerprint density at radius 1 is 1.50 bits per heavy atom. The van der Waals surface area contributed by atoms with Gasteiger partial charge in [-0.1, -0.05) is 12.1 Å². The van der Waals surface area contributed by atoms with Crippen molar-refractivity contribution in [1.29, 1.82) is 0 Å². The Hall–Kier alpha value is -1.79. The summed E-state index contributed by atoms with van der Waals surface area (Å²) >= 11 is 0. The van der Waals surface area contributed by atoms with Crippen molar-refractivity contribution in [3.63, 3.8) is 0 Å². The topological polar surface area (TPSA) is 91.0 Å². The third-order valence-corrected chi connectivity index (χ3v) is 2.84. The Labute approximate surface area is 104 Å². The van der Waals surface area contributed by atoms with Crippen molar-refractivity contribution in [3.8, 4) is 11.5 Å². The van der Waals surface area contributed by atoms with E-state index < -0.39 is 11.9 Å². The van der Waals surface area contributed by atoms with Crippen molar-refractivity contribution in [2.24, 2.45) is 5.73 Å². The SMILES string of the molecule is COCc1ccc(C(CN)C(=O)O)c2c1OCO2. The summed E-state index contributed by atoms with van der Waals surface area (Å²) in [6.45, 7) is 0.473. The molecule has 98 valence electrons. The number of rotatable bonds is 5. The van der Waals surface area contributed by atoms with Crippen LogP contribution in [0.3, 0.4) is 0 Å². The van der Waals surface area contributed by atoms with Crippen LogP contribution in [0.15, 0.2) is 12.1 Å². The van der Waals surface area contributed by atoms with Crippen LogP contribution in [-0.4, -0.2) is 31.5 Å². The minimum Gasteiger partial charge on any atom is -0.481 e. The first-order chi connectivity index (χ1) is 8.69. The van der Waals surface area contributed by atoms with Crippen LogP contribution in [-0.2, 0) is 16.1 Å². The molecule has 6 nitrogen and oxygen atoms in total. The van der Waals surface area contributed by atoms with Crippen LogP contribution in [0.1, 0.15) is 17.0 Å². The summed E-state index contributed by atoms with van der Waals surface area (Å²) in [5, 5.41) is 9.13. The highest BCUT2D eigenvalue weighted by atomic mass is 16.7. The number of nitrogens with two attached hydrogens (primary N) is 1. The smallest absolute Gasteiger partial charge is 0.312 e. The fourth-order valence-electron chi connectivity index (χ4n) is 1.98. The van der Waals surface area contributed by atoms with E-state index in [0.29, 0.717) is 23.7 Å². The monoisotopic (exact) mass is 253 g/mol. The maximum Gasteiger partial charge on any atom is 0.312 e. The fraction of sp³-hybridized carbons (Fsp3) is 0.417. The van der Waals surface area contributed by atoms with Crippen molar-refractivity contribution in [1.82, 2.24) is 0 Å². The van der Waals surface area contributed by atoms with Gasteiger partial charge in [-0.3, -0.25) is 4.79 Å². The van der Waals surface area contributed by atoms with Gasteiger partial charge in [-0.15, -0.1) is 0 Å². The average Bonchev–Trinajstić information content (AvgIpc) is 2.81. The molecule has 0 radical (unpaired) electrons. The molecule has 18 heavy (non-hydrogen) atoms. The van der Waals surface area contributed by atoms with Gasteiger partial charge in [0.25, 0.3) is 0 Å². The van der Waals surface area contributed by atoms with Crippen LogP contribution >= 0.6 is 0 Å². The molecule has 0 aliphatic carbocycles. The second kappa shape index (κ2) is 5.24. The molecule has 0 saturated heterocycles. The van der Waals surface area contributed by atoms with E-state index in [9.17, 15) is 4.79 Å². The lowest BCUT2D eigenvalue weighted by Crippen LogP contribution is -2.21. The first-order valence-corrected chi connectivity index (χ1v) is 5.52. The fourth-order valence-corrected chi connectivity index (χ4v) is 1.98. The van der Waals surface area contributed by atoms with Gasteiger partial charge < -0.3 is 25.1 Å². The highest BCUT2D eigenvalue weighted by Crippen LogP contribution is 2.42. The van der Waals surface area contributed by atoms with Gasteiger partial charge in [0.15, 0.2) is 11.5 Å². The zero-order chi connectivity index (χ0) is 13.1. The van der Waals surface area contributed by atoms with Crippen LogP contribution in [0.25, 0.3) is 0 Å². The van der Waals surface area contributed by atoms with E-state index in [1.807, 2.05) is 0 Å². The molecule has 1 aliphatic rings. The molecule has 1 aromatic rings. The maximum atomic E-state index is 11.1. The van der Waals surface area contributed by atoms with Gasteiger partial charge in [-0.05, 0) is 0 Å². The summed E-state index contributed by atoms with van der Waals surface area (Å²) in [7, 11) is 1.58. The molecule has 0 aromatic heterocycles. The summed E-state index contributed by atoms with van der Waals surface area (Å²) in [5.41, 5.74) is 6.86. The number of hydrogen-bond acceptors (Lipinski definition) is 5. The minimum absolute atomic E-state index is 0.00869. The van der Waals surface area contributed by atoms with Gasteiger partial charge >= 0.3 is 5.97 Å². The van der Waals surface area contributed by atoms with Gasteiger partial charge in [-0.25, -0.2) is 0 Å². The third kappa shape index (κ3) is 2.12. The summed E-state index contributed by atoms with van der Waals surface area (Å²) in [6.07, 6.45) is 0. The van der Waals surface area contributed by atoms with Crippen molar-refractivity contribution >= 4 is 5.97 Å². The van der Waals surface area contributed by atoms with Gasteiger partial charge in [0, 0.05) is 24.8 Å². The Kier molecular flexibility index (Phi) is 3.69. The average molecular weight is 253 g/mol. The Morgan fingerprint density at radius 3 is 2.83 bits per heavy atom. The van der Waals surface area contributed by atoms with E-state index in [4.69, 9.17) is 25.1 Å². The molecule has 3 N–H and O–H groups in total. The Bertz CT molecular complexity index is 460. The predicted molar refractivity (Wildman–Crippen MR) is 62.7 cm³/mol. The molecule has 1 heterocycles. The molecular weight excluding hydrogens is 238 g/mol. The van der Waals surface area contributed by atoms with Crippen LogP contribution in [0.5, 0.6) is 11.5 Å². The lowest BCUT2D eigenvalue weighted by molar-refractivity contribution is -0.138. The maximum absolute atomic E-state index is 11.1. The van der Waals surface area contributed by atoms with Crippen LogP contribution < -0.4 is 15.2 Å². The standard InChI is InChI=1S/C12H15NO5/c1-16-5-7-2-3-8(9(4-13)12(14)15)11-10(7)17-6-18-11/h2-3,9H,4-6,13H2,1H3,(H,14,15). The number of methoxy groups -OCH3 is 1. The van der Waals surface area contributed by atoms with Crippen molar-refractivity contribution < 1.29 is 24.1 Å². The molecule has 0 bridgehead atoms. The largest absolute Gasteiger partial charge is 0.481 e. The lowest BCUT2D eigenvalue weighted by Gasteiger charge is -2.14. The Balaban J connectivity index is 2.45. The summed E-state index contributed by atoms with van der Waals surface area (Å²) < 4.78 is 15.8. The third-order valence-electron chi connectivity index (χ3n) is 2.84.